The fraction of sp³-hybridized carbons (Fsp3) is 0.259. The van der Waals surface area contributed by atoms with Crippen LogP contribution in [0.1, 0.15) is 46.6 Å². The molecule has 36 heavy (non-hydrogen) atoms. The Morgan fingerprint density at radius 3 is 2.61 bits per heavy atom. The van der Waals surface area contributed by atoms with Crippen molar-refractivity contribution in [2.45, 2.75) is 31.4 Å². The summed E-state index contributed by atoms with van der Waals surface area (Å²) in [5, 5.41) is 13.5. The first kappa shape index (κ1) is 23.5. The van der Waals surface area contributed by atoms with Crippen LogP contribution in [-0.4, -0.2) is 39.6 Å². The van der Waals surface area contributed by atoms with E-state index in [9.17, 15) is 4.79 Å². The van der Waals surface area contributed by atoms with Crippen LogP contribution in [0.15, 0.2) is 72.8 Å². The number of carbonyl (C=O) groups is 1. The van der Waals surface area contributed by atoms with Crippen molar-refractivity contribution in [1.82, 2.24) is 20.6 Å². The molecule has 0 spiro atoms. The lowest BCUT2D eigenvalue weighted by atomic mass is 10.0. The van der Waals surface area contributed by atoms with Gasteiger partial charge in [0.25, 0.3) is 5.72 Å². The van der Waals surface area contributed by atoms with Crippen LogP contribution in [0.25, 0.3) is 0 Å². The number of hydrogen-bond donors (Lipinski definition) is 2. The second kappa shape index (κ2) is 10.6. The molecule has 0 aliphatic carbocycles. The van der Waals surface area contributed by atoms with Gasteiger partial charge in [0.05, 0.1) is 12.2 Å². The number of carbonyl (C=O) groups excluding carboxylic acids is 1. The summed E-state index contributed by atoms with van der Waals surface area (Å²) in [5.41, 5.74) is 7.08. The van der Waals surface area contributed by atoms with Crippen LogP contribution in [0.2, 0.25) is 0 Å². The summed E-state index contributed by atoms with van der Waals surface area (Å²) in [4.78, 5) is 13.3. The minimum atomic E-state index is -1.44. The molecule has 0 saturated carbocycles. The van der Waals surface area contributed by atoms with Gasteiger partial charge in [0.2, 0.25) is 5.82 Å². The van der Waals surface area contributed by atoms with E-state index in [0.29, 0.717) is 23.5 Å². The predicted octanol–water partition coefficient (Wildman–Crippen LogP) is 3.81. The van der Waals surface area contributed by atoms with Gasteiger partial charge in [-0.2, -0.15) is 0 Å². The number of aromatic amines is 1. The van der Waals surface area contributed by atoms with E-state index in [0.717, 1.165) is 31.4 Å². The number of benzene rings is 3. The third kappa shape index (κ3) is 5.21. The summed E-state index contributed by atoms with van der Waals surface area (Å²) in [6.07, 6.45) is 4.28. The van der Waals surface area contributed by atoms with Gasteiger partial charge >= 0.3 is 0 Å². The summed E-state index contributed by atoms with van der Waals surface area (Å²) < 4.78 is 17.6. The Morgan fingerprint density at radius 2 is 1.83 bits per heavy atom. The molecule has 1 unspecified atom stereocenters. The number of nitrogens with two attached hydrogens (primary N) is 1. The third-order valence-corrected chi connectivity index (χ3v) is 6.03. The predicted molar refractivity (Wildman–Crippen MR) is 132 cm³/mol. The average molecular weight is 486 g/mol. The highest BCUT2D eigenvalue weighted by Crippen LogP contribution is 2.40. The molecule has 3 aromatic carbocycles. The third-order valence-electron chi connectivity index (χ3n) is 6.03. The topological polar surface area (TPSA) is 125 Å². The lowest BCUT2D eigenvalue weighted by Crippen LogP contribution is -2.51. The number of rotatable bonds is 10. The van der Waals surface area contributed by atoms with Crippen molar-refractivity contribution < 1.29 is 19.0 Å². The van der Waals surface area contributed by atoms with E-state index in [4.69, 9.17) is 19.9 Å². The summed E-state index contributed by atoms with van der Waals surface area (Å²) in [6, 6.07) is 22.7. The fourth-order valence-corrected chi connectivity index (χ4v) is 4.07. The van der Waals surface area contributed by atoms with E-state index >= 15 is 0 Å². The second-order valence-electron chi connectivity index (χ2n) is 8.66. The molecule has 0 bridgehead atoms. The fourth-order valence-electron chi connectivity index (χ4n) is 4.07. The number of ether oxygens (including phenoxy) is 3. The Morgan fingerprint density at radius 1 is 1.00 bits per heavy atom. The van der Waals surface area contributed by atoms with E-state index in [2.05, 4.69) is 44.9 Å². The molecule has 0 amide bonds. The number of unbranched alkanes of at least 4 members (excludes halogenated alkanes) is 2. The number of H-pyrrole nitrogens is 1. The summed E-state index contributed by atoms with van der Waals surface area (Å²) >= 11 is 0. The normalized spacial score (nSPS) is 16.5. The summed E-state index contributed by atoms with van der Waals surface area (Å²) in [7, 11) is 0. The van der Waals surface area contributed by atoms with Crippen LogP contribution in [0.3, 0.4) is 0 Å². The van der Waals surface area contributed by atoms with Crippen molar-refractivity contribution in [3.63, 3.8) is 0 Å². The van der Waals surface area contributed by atoms with Gasteiger partial charge in [0, 0.05) is 5.56 Å². The van der Waals surface area contributed by atoms with Crippen LogP contribution < -0.4 is 19.9 Å². The maximum atomic E-state index is 13.3. The molecule has 0 saturated heterocycles. The molecule has 3 N–H and O–H groups in total. The molecular weight excluding hydrogens is 458 g/mol. The molecule has 9 heteroatoms. The minimum absolute atomic E-state index is 0.00713. The van der Waals surface area contributed by atoms with E-state index in [1.165, 1.54) is 5.56 Å². The molecule has 1 aromatic heterocycles. The highest BCUT2D eigenvalue weighted by Gasteiger charge is 2.41. The molecule has 2 heterocycles. The first-order valence-electron chi connectivity index (χ1n) is 11.9. The van der Waals surface area contributed by atoms with Crippen LogP contribution in [0, 0.1) is 0 Å². The minimum Gasteiger partial charge on any atom is -0.494 e. The Balaban J connectivity index is 1.18. The van der Waals surface area contributed by atoms with Crippen molar-refractivity contribution in [3.8, 4) is 17.2 Å². The molecule has 0 radical (unpaired) electrons. The number of nitrogens with zero attached hydrogens (tertiary/aromatic N) is 3. The smallest absolute Gasteiger partial charge is 0.254 e. The maximum absolute atomic E-state index is 13.3. The zero-order chi connectivity index (χ0) is 24.8. The molecule has 1 atom stereocenters. The Hall–Kier alpha value is -4.24. The van der Waals surface area contributed by atoms with Gasteiger partial charge in [0.1, 0.15) is 12.4 Å². The standard InChI is InChI=1S/C27H27N5O4/c28-27(26-29-31-32-30-26)18-35-23-12-7-11-22(25(23)36-27)24(33)20-13-15-21(16-14-20)34-17-6-2-5-10-19-8-3-1-4-9-19/h1,3-4,7-9,11-16H,2,5-6,10,17-18,28H2,(H,29,30,31,32). The van der Waals surface area contributed by atoms with E-state index in [1.807, 2.05) is 6.07 Å². The van der Waals surface area contributed by atoms with E-state index in [1.54, 1.807) is 42.5 Å². The Labute approximate surface area is 208 Å². The number of hydrogen-bond acceptors (Lipinski definition) is 8. The number of aryl methyl sites for hydroxylation is 1. The quantitative estimate of drug-likeness (QED) is 0.257. The van der Waals surface area contributed by atoms with Gasteiger partial charge in [-0.1, -0.05) is 36.4 Å². The maximum Gasteiger partial charge on any atom is 0.254 e. The van der Waals surface area contributed by atoms with Crippen molar-refractivity contribution in [3.05, 3.63) is 95.3 Å². The summed E-state index contributed by atoms with van der Waals surface area (Å²) in [6.45, 7) is 0.626. The van der Waals surface area contributed by atoms with Crippen LogP contribution >= 0.6 is 0 Å². The van der Waals surface area contributed by atoms with Gasteiger partial charge in [-0.05, 0) is 78.1 Å². The van der Waals surface area contributed by atoms with Crippen LogP contribution in [0.5, 0.6) is 17.2 Å². The van der Waals surface area contributed by atoms with E-state index < -0.39 is 5.72 Å². The van der Waals surface area contributed by atoms with Gasteiger partial charge in [-0.3, -0.25) is 10.5 Å². The molecular formula is C27H27N5O4. The largest absolute Gasteiger partial charge is 0.494 e. The van der Waals surface area contributed by atoms with Gasteiger partial charge in [0.15, 0.2) is 17.3 Å². The van der Waals surface area contributed by atoms with Crippen molar-refractivity contribution in [2.24, 2.45) is 5.73 Å². The molecule has 1 aliphatic rings. The Kier molecular flexibility index (Phi) is 6.90. The number of ketones is 1. The first-order chi connectivity index (χ1) is 17.6. The molecule has 4 aromatic rings. The van der Waals surface area contributed by atoms with Gasteiger partial charge in [-0.25, -0.2) is 5.10 Å². The van der Waals surface area contributed by atoms with Crippen LogP contribution in [-0.2, 0) is 12.1 Å². The van der Waals surface area contributed by atoms with Crippen molar-refractivity contribution in [1.29, 1.82) is 0 Å². The zero-order valence-corrected chi connectivity index (χ0v) is 19.7. The number of fused-ring (bicyclic) bond motifs is 1. The molecule has 184 valence electrons. The first-order valence-corrected chi connectivity index (χ1v) is 11.9. The van der Waals surface area contributed by atoms with Crippen molar-refractivity contribution in [2.75, 3.05) is 13.2 Å². The number of aromatic nitrogens is 4. The average Bonchev–Trinajstić information content (AvgIpc) is 3.47. The summed E-state index contributed by atoms with van der Waals surface area (Å²) in [5.74, 6) is 1.40. The monoisotopic (exact) mass is 485 g/mol. The number of tetrazole rings is 1. The highest BCUT2D eigenvalue weighted by molar-refractivity contribution is 6.11. The lowest BCUT2D eigenvalue weighted by molar-refractivity contribution is -0.0154. The SMILES string of the molecule is NC1(c2nnn[nH]2)COc2cccc(C(=O)c3ccc(OCCCCCc4ccccc4)cc3)c2O1. The molecule has 5 rings (SSSR count). The van der Waals surface area contributed by atoms with E-state index in [-0.39, 0.29) is 24.0 Å². The zero-order valence-electron chi connectivity index (χ0n) is 19.7. The molecule has 0 fully saturated rings. The van der Waals surface area contributed by atoms with Crippen LogP contribution in [0.4, 0.5) is 0 Å². The number of nitrogens with one attached hydrogen (secondary N) is 1. The van der Waals surface area contributed by atoms with Gasteiger partial charge < -0.3 is 14.2 Å². The lowest BCUT2D eigenvalue weighted by Gasteiger charge is -2.33. The van der Waals surface area contributed by atoms with Gasteiger partial charge in [-0.15, -0.1) is 5.10 Å². The highest BCUT2D eigenvalue weighted by atomic mass is 16.6. The Bertz CT molecular complexity index is 1300. The van der Waals surface area contributed by atoms with Crippen molar-refractivity contribution >= 4 is 5.78 Å². The second-order valence-corrected chi connectivity index (χ2v) is 8.66. The number of para-hydroxylation sites is 1. The molecule has 9 nitrogen and oxygen atoms in total. The molecule has 1 aliphatic heterocycles.